The van der Waals surface area contributed by atoms with Gasteiger partial charge in [0.05, 0.1) is 0 Å². The Hall–Kier alpha value is -0.650. The summed E-state index contributed by atoms with van der Waals surface area (Å²) in [6.07, 6.45) is 6.23. The van der Waals surface area contributed by atoms with Gasteiger partial charge in [0.1, 0.15) is 5.54 Å². The highest BCUT2D eigenvalue weighted by Crippen LogP contribution is 2.31. The Morgan fingerprint density at radius 1 is 1.40 bits per heavy atom. The van der Waals surface area contributed by atoms with Crippen LogP contribution in [0.4, 0.5) is 0 Å². The van der Waals surface area contributed by atoms with Crippen molar-refractivity contribution in [2.75, 3.05) is 40.3 Å². The second kappa shape index (κ2) is 6.87. The zero-order chi connectivity index (χ0) is 14.6. The Morgan fingerprint density at radius 2 is 2.10 bits per heavy atom. The molecule has 1 heterocycles. The average molecular weight is 283 g/mol. The molecular formula is C15H29N3O2. The molecule has 116 valence electrons. The lowest BCUT2D eigenvalue weighted by molar-refractivity contribution is -0.147. The van der Waals surface area contributed by atoms with Gasteiger partial charge in [-0.25, -0.2) is 0 Å². The van der Waals surface area contributed by atoms with Crippen LogP contribution in [0.25, 0.3) is 0 Å². The van der Waals surface area contributed by atoms with E-state index < -0.39 is 11.5 Å². The monoisotopic (exact) mass is 283 g/mol. The highest BCUT2D eigenvalue weighted by atomic mass is 16.4. The molecule has 20 heavy (non-hydrogen) atoms. The summed E-state index contributed by atoms with van der Waals surface area (Å²) in [6.45, 7) is 4.62. The molecule has 0 spiro atoms. The highest BCUT2D eigenvalue weighted by molar-refractivity contribution is 5.79. The molecule has 1 aliphatic carbocycles. The molecule has 0 aromatic rings. The summed E-state index contributed by atoms with van der Waals surface area (Å²) in [4.78, 5) is 16.4. The normalized spacial score (nSPS) is 31.9. The largest absolute Gasteiger partial charge is 0.480 e. The van der Waals surface area contributed by atoms with E-state index in [1.165, 1.54) is 25.9 Å². The number of carboxylic acid groups (broad SMARTS) is 1. The van der Waals surface area contributed by atoms with Gasteiger partial charge in [0.15, 0.2) is 0 Å². The summed E-state index contributed by atoms with van der Waals surface area (Å²) in [5, 5.41) is 12.6. The standard InChI is InChI=1S/C15H29N3O2/c1-16-15(14(19)20)7-5-6-13(12-15)17(2)10-11-18-8-3-4-9-18/h13,16H,3-12H2,1-2H3,(H,19,20). The first-order valence-corrected chi connectivity index (χ1v) is 7.92. The Labute approximate surface area is 122 Å². The van der Waals surface area contributed by atoms with Crippen molar-refractivity contribution >= 4 is 5.97 Å². The molecule has 0 aromatic heterocycles. The van der Waals surface area contributed by atoms with Crippen LogP contribution in [0.1, 0.15) is 38.5 Å². The van der Waals surface area contributed by atoms with Crippen molar-refractivity contribution in [3.8, 4) is 0 Å². The van der Waals surface area contributed by atoms with Gasteiger partial charge in [-0.3, -0.25) is 4.79 Å². The molecule has 5 heteroatoms. The van der Waals surface area contributed by atoms with Crippen LogP contribution in [-0.2, 0) is 4.79 Å². The smallest absolute Gasteiger partial charge is 0.323 e. The Kier molecular flexibility index (Phi) is 5.41. The van der Waals surface area contributed by atoms with E-state index in [-0.39, 0.29) is 0 Å². The maximum Gasteiger partial charge on any atom is 0.323 e. The van der Waals surface area contributed by atoms with E-state index in [0.717, 1.165) is 38.8 Å². The van der Waals surface area contributed by atoms with Gasteiger partial charge in [-0.05, 0) is 65.7 Å². The molecule has 0 amide bonds. The van der Waals surface area contributed by atoms with E-state index in [2.05, 4.69) is 22.2 Å². The molecule has 2 unspecified atom stereocenters. The minimum atomic E-state index is -0.717. The topological polar surface area (TPSA) is 55.8 Å². The Morgan fingerprint density at radius 3 is 2.70 bits per heavy atom. The number of nitrogens with zero attached hydrogens (tertiary/aromatic N) is 2. The third-order valence-electron chi connectivity index (χ3n) is 5.20. The summed E-state index contributed by atoms with van der Waals surface area (Å²) in [5.74, 6) is -0.697. The fourth-order valence-corrected chi connectivity index (χ4v) is 3.64. The lowest BCUT2D eigenvalue weighted by atomic mass is 9.78. The van der Waals surface area contributed by atoms with Crippen molar-refractivity contribution in [3.63, 3.8) is 0 Å². The third kappa shape index (κ3) is 3.51. The van der Waals surface area contributed by atoms with Crippen molar-refractivity contribution < 1.29 is 9.90 Å². The summed E-state index contributed by atoms with van der Waals surface area (Å²) >= 11 is 0. The first kappa shape index (κ1) is 15.7. The number of carboxylic acids is 1. The predicted molar refractivity (Wildman–Crippen MR) is 80.0 cm³/mol. The van der Waals surface area contributed by atoms with E-state index in [1.807, 2.05) is 0 Å². The van der Waals surface area contributed by atoms with Gasteiger partial charge in [-0.15, -0.1) is 0 Å². The van der Waals surface area contributed by atoms with Crippen molar-refractivity contribution in [3.05, 3.63) is 0 Å². The van der Waals surface area contributed by atoms with Gasteiger partial charge < -0.3 is 20.2 Å². The van der Waals surface area contributed by atoms with Gasteiger partial charge in [-0.2, -0.15) is 0 Å². The fraction of sp³-hybridized carbons (Fsp3) is 0.933. The maximum atomic E-state index is 11.6. The number of nitrogens with one attached hydrogen (secondary N) is 1. The quantitative estimate of drug-likeness (QED) is 0.761. The number of likely N-dealkylation sites (N-methyl/N-ethyl adjacent to an activating group) is 2. The highest BCUT2D eigenvalue weighted by Gasteiger charge is 2.42. The number of likely N-dealkylation sites (tertiary alicyclic amines) is 1. The molecule has 5 nitrogen and oxygen atoms in total. The van der Waals surface area contributed by atoms with E-state index in [1.54, 1.807) is 7.05 Å². The summed E-state index contributed by atoms with van der Waals surface area (Å²) < 4.78 is 0. The molecule has 0 radical (unpaired) electrons. The van der Waals surface area contributed by atoms with Crippen molar-refractivity contribution in [1.29, 1.82) is 0 Å². The molecule has 2 fully saturated rings. The number of hydrogen-bond acceptors (Lipinski definition) is 4. The number of aliphatic carboxylic acids is 1. The second-order valence-corrected chi connectivity index (χ2v) is 6.42. The second-order valence-electron chi connectivity index (χ2n) is 6.42. The molecule has 0 bridgehead atoms. The number of rotatable bonds is 6. The first-order valence-electron chi connectivity index (χ1n) is 7.92. The van der Waals surface area contributed by atoms with Gasteiger partial charge in [-0.1, -0.05) is 0 Å². The van der Waals surface area contributed by atoms with Crippen LogP contribution in [0, 0.1) is 0 Å². The van der Waals surface area contributed by atoms with Crippen LogP contribution in [0.15, 0.2) is 0 Å². The first-order chi connectivity index (χ1) is 9.57. The molecule has 0 aromatic carbocycles. The Balaban J connectivity index is 1.85. The minimum Gasteiger partial charge on any atom is -0.480 e. The van der Waals surface area contributed by atoms with Crippen LogP contribution in [0.3, 0.4) is 0 Å². The zero-order valence-electron chi connectivity index (χ0n) is 12.9. The van der Waals surface area contributed by atoms with Gasteiger partial charge >= 0.3 is 5.97 Å². The third-order valence-corrected chi connectivity index (χ3v) is 5.20. The molecule has 2 aliphatic rings. The van der Waals surface area contributed by atoms with Gasteiger partial charge in [0, 0.05) is 19.1 Å². The summed E-state index contributed by atoms with van der Waals surface area (Å²) in [5.41, 5.74) is -0.717. The predicted octanol–water partition coefficient (Wildman–Crippen LogP) is 0.999. The van der Waals surface area contributed by atoms with E-state index in [9.17, 15) is 9.90 Å². The number of carbonyl (C=O) groups is 1. The van der Waals surface area contributed by atoms with Crippen molar-refractivity contribution in [1.82, 2.24) is 15.1 Å². The van der Waals surface area contributed by atoms with Gasteiger partial charge in [0.25, 0.3) is 0 Å². The zero-order valence-corrected chi connectivity index (χ0v) is 12.9. The Bertz CT molecular complexity index is 331. The van der Waals surface area contributed by atoms with Crippen molar-refractivity contribution in [2.24, 2.45) is 0 Å². The SMILES string of the molecule is CNC1(C(=O)O)CCCC(N(C)CCN2CCCC2)C1. The minimum absolute atomic E-state index is 0.384. The van der Waals surface area contributed by atoms with E-state index in [4.69, 9.17) is 0 Å². The van der Waals surface area contributed by atoms with E-state index in [0.29, 0.717) is 6.04 Å². The van der Waals surface area contributed by atoms with Gasteiger partial charge in [0.2, 0.25) is 0 Å². The van der Waals surface area contributed by atoms with Crippen molar-refractivity contribution in [2.45, 2.75) is 50.1 Å². The van der Waals surface area contributed by atoms with Crippen LogP contribution >= 0.6 is 0 Å². The number of hydrogen-bond donors (Lipinski definition) is 2. The maximum absolute atomic E-state index is 11.6. The van der Waals surface area contributed by atoms with Crippen LogP contribution in [0.2, 0.25) is 0 Å². The van der Waals surface area contributed by atoms with Crippen LogP contribution < -0.4 is 5.32 Å². The summed E-state index contributed by atoms with van der Waals surface area (Å²) in [6, 6.07) is 0.384. The molecule has 2 atom stereocenters. The fourth-order valence-electron chi connectivity index (χ4n) is 3.64. The molecule has 1 aliphatic heterocycles. The molecule has 1 saturated carbocycles. The average Bonchev–Trinajstić information content (AvgIpc) is 2.97. The lowest BCUT2D eigenvalue weighted by Crippen LogP contribution is -2.57. The molecule has 2 N–H and O–H groups in total. The molecular weight excluding hydrogens is 254 g/mol. The summed E-state index contributed by atoms with van der Waals surface area (Å²) in [7, 11) is 3.93. The van der Waals surface area contributed by atoms with Crippen LogP contribution in [0.5, 0.6) is 0 Å². The van der Waals surface area contributed by atoms with Crippen LogP contribution in [-0.4, -0.2) is 72.7 Å². The molecule has 1 saturated heterocycles. The molecule has 2 rings (SSSR count). The van der Waals surface area contributed by atoms with E-state index >= 15 is 0 Å². The lowest BCUT2D eigenvalue weighted by Gasteiger charge is -2.41.